The average molecular weight is 385 g/mol. The third-order valence-electron chi connectivity index (χ3n) is 3.43. The number of aliphatic imine (C=N–C) groups is 1. The van der Waals surface area contributed by atoms with E-state index in [1.807, 2.05) is 13.8 Å². The quantitative estimate of drug-likeness (QED) is 0.420. The molecule has 26 heavy (non-hydrogen) atoms. The lowest BCUT2D eigenvalue weighted by Gasteiger charge is -2.11. The Hall–Kier alpha value is -2.62. The lowest BCUT2D eigenvalue weighted by molar-refractivity contribution is -0.115. The molecule has 0 saturated heterocycles. The molecule has 2 rings (SSSR count). The predicted molar refractivity (Wildman–Crippen MR) is 94.7 cm³/mol. The van der Waals surface area contributed by atoms with E-state index in [-0.39, 0.29) is 6.54 Å². The molecule has 140 valence electrons. The number of aryl methyl sites for hydroxylation is 2. The number of carbonyl (C=O) groups is 1. The molecule has 1 aromatic heterocycles. The highest BCUT2D eigenvalue weighted by atomic mass is 32.1. The number of thiazole rings is 1. The third kappa shape index (κ3) is 4.94. The zero-order valence-electron chi connectivity index (χ0n) is 14.4. The van der Waals surface area contributed by atoms with E-state index in [0.717, 1.165) is 27.7 Å². The topological polar surface area (TPSA) is 78.4 Å². The van der Waals surface area contributed by atoms with E-state index >= 15 is 0 Å². The third-order valence-corrected chi connectivity index (χ3v) is 4.50. The number of carbonyl (C=O) groups excluding carboxylic acids is 1. The number of nitrogens with zero attached hydrogens (tertiary/aromatic N) is 2. The van der Waals surface area contributed by atoms with Crippen molar-refractivity contribution in [1.82, 2.24) is 15.6 Å². The van der Waals surface area contributed by atoms with Gasteiger partial charge < -0.3 is 16.0 Å². The summed E-state index contributed by atoms with van der Waals surface area (Å²) < 4.78 is 39.6. The van der Waals surface area contributed by atoms with Crippen LogP contribution in [0.4, 0.5) is 18.9 Å². The van der Waals surface area contributed by atoms with Gasteiger partial charge in [-0.3, -0.25) is 9.79 Å². The van der Waals surface area contributed by atoms with E-state index in [9.17, 15) is 18.0 Å². The summed E-state index contributed by atoms with van der Waals surface area (Å²) in [6.45, 7) is 4.09. The first-order valence-corrected chi connectivity index (χ1v) is 8.44. The maximum atomic E-state index is 13.5. The first kappa shape index (κ1) is 19.7. The molecule has 0 atom stereocenters. The van der Waals surface area contributed by atoms with E-state index in [0.29, 0.717) is 12.5 Å². The molecular weight excluding hydrogens is 367 g/mol. The van der Waals surface area contributed by atoms with Crippen molar-refractivity contribution in [2.75, 3.05) is 18.9 Å². The minimum absolute atomic E-state index is 0.242. The fraction of sp³-hybridized carbons (Fsp3) is 0.312. The van der Waals surface area contributed by atoms with E-state index in [2.05, 4.69) is 25.9 Å². The number of halogens is 3. The molecule has 10 heteroatoms. The van der Waals surface area contributed by atoms with Gasteiger partial charge >= 0.3 is 0 Å². The molecule has 0 aliphatic rings. The molecule has 0 aliphatic heterocycles. The lowest BCUT2D eigenvalue weighted by atomic mass is 10.2. The number of hydrogen-bond acceptors (Lipinski definition) is 4. The van der Waals surface area contributed by atoms with E-state index in [4.69, 9.17) is 0 Å². The summed E-state index contributed by atoms with van der Waals surface area (Å²) in [5.41, 5.74) is 0.523. The van der Waals surface area contributed by atoms with E-state index in [1.54, 1.807) is 11.3 Å². The Morgan fingerprint density at radius 3 is 2.54 bits per heavy atom. The molecule has 0 radical (unpaired) electrons. The molecule has 2 aromatic rings. The normalized spacial score (nSPS) is 11.4. The Bertz CT molecular complexity index is 818. The monoisotopic (exact) mass is 385 g/mol. The van der Waals surface area contributed by atoms with Gasteiger partial charge in [-0.1, -0.05) is 0 Å². The Labute approximate surface area is 152 Å². The summed E-state index contributed by atoms with van der Waals surface area (Å²) in [6, 6.07) is 1.69. The van der Waals surface area contributed by atoms with Gasteiger partial charge in [-0.05, 0) is 26.0 Å². The number of aromatic nitrogens is 1. The molecule has 1 heterocycles. The summed E-state index contributed by atoms with van der Waals surface area (Å²) in [4.78, 5) is 21.3. The second-order valence-electron chi connectivity index (χ2n) is 5.30. The molecule has 3 N–H and O–H groups in total. The highest BCUT2D eigenvalue weighted by Crippen LogP contribution is 2.19. The molecule has 0 bridgehead atoms. The average Bonchev–Trinajstić information content (AvgIpc) is 2.93. The summed E-state index contributed by atoms with van der Waals surface area (Å²) in [6.07, 6.45) is 0. The van der Waals surface area contributed by atoms with Crippen molar-refractivity contribution < 1.29 is 18.0 Å². The van der Waals surface area contributed by atoms with Gasteiger partial charge in [-0.15, -0.1) is 11.3 Å². The van der Waals surface area contributed by atoms with Crippen molar-refractivity contribution in [3.05, 3.63) is 45.2 Å². The van der Waals surface area contributed by atoms with Crippen LogP contribution in [-0.4, -0.2) is 30.4 Å². The van der Waals surface area contributed by atoms with Crippen LogP contribution in [0, 0.1) is 31.3 Å². The van der Waals surface area contributed by atoms with E-state index in [1.165, 1.54) is 7.05 Å². The van der Waals surface area contributed by atoms with Crippen LogP contribution in [0.2, 0.25) is 0 Å². The number of nitrogens with one attached hydrogen (secondary N) is 3. The number of amides is 1. The molecule has 0 unspecified atom stereocenters. The van der Waals surface area contributed by atoms with Crippen LogP contribution in [0.3, 0.4) is 0 Å². The number of rotatable bonds is 5. The summed E-state index contributed by atoms with van der Waals surface area (Å²) >= 11 is 1.55. The molecule has 0 fully saturated rings. The van der Waals surface area contributed by atoms with Gasteiger partial charge in [0.05, 0.1) is 24.5 Å². The maximum Gasteiger partial charge on any atom is 0.243 e. The molecule has 0 spiro atoms. The smallest absolute Gasteiger partial charge is 0.243 e. The fourth-order valence-electron chi connectivity index (χ4n) is 1.98. The zero-order chi connectivity index (χ0) is 19.3. The van der Waals surface area contributed by atoms with Crippen LogP contribution in [0.25, 0.3) is 0 Å². The number of anilines is 1. The van der Waals surface area contributed by atoms with Crippen LogP contribution in [0.15, 0.2) is 17.1 Å². The standard InChI is InChI=1S/C16H18F3N5OS/c1-8-9(2)26-13(23-8)7-22-16(20-3)21-6-12(25)24-11-5-4-10(17)14(18)15(11)19/h4-5H,6-7H2,1-3H3,(H,24,25)(H2,20,21,22). The van der Waals surface area contributed by atoms with Gasteiger partial charge in [0.25, 0.3) is 0 Å². The van der Waals surface area contributed by atoms with Gasteiger partial charge in [-0.2, -0.15) is 0 Å². The first-order valence-electron chi connectivity index (χ1n) is 7.62. The van der Waals surface area contributed by atoms with Gasteiger partial charge in [0.2, 0.25) is 5.91 Å². The zero-order valence-corrected chi connectivity index (χ0v) is 15.2. The number of hydrogen-bond donors (Lipinski definition) is 3. The predicted octanol–water partition coefficient (Wildman–Crippen LogP) is 2.48. The molecule has 1 aromatic carbocycles. The Kier molecular flexibility index (Phi) is 6.56. The lowest BCUT2D eigenvalue weighted by Crippen LogP contribution is -2.41. The molecule has 1 amide bonds. The highest BCUT2D eigenvalue weighted by molar-refractivity contribution is 7.11. The molecule has 0 aliphatic carbocycles. The van der Waals surface area contributed by atoms with Crippen molar-refractivity contribution in [1.29, 1.82) is 0 Å². The largest absolute Gasteiger partial charge is 0.350 e. The van der Waals surface area contributed by atoms with Gasteiger partial charge in [0, 0.05) is 11.9 Å². The molecule has 6 nitrogen and oxygen atoms in total. The summed E-state index contributed by atoms with van der Waals surface area (Å²) in [7, 11) is 1.53. The maximum absolute atomic E-state index is 13.5. The fourth-order valence-corrected chi connectivity index (χ4v) is 2.85. The Balaban J connectivity index is 1.86. The Morgan fingerprint density at radius 2 is 1.92 bits per heavy atom. The number of benzene rings is 1. The van der Waals surface area contributed by atoms with Gasteiger partial charge in [-0.25, -0.2) is 18.2 Å². The minimum atomic E-state index is -1.64. The second kappa shape index (κ2) is 8.65. The van der Waals surface area contributed by atoms with Crippen molar-refractivity contribution >= 4 is 28.9 Å². The minimum Gasteiger partial charge on any atom is -0.350 e. The molecular formula is C16H18F3N5OS. The van der Waals surface area contributed by atoms with Crippen molar-refractivity contribution in [2.24, 2.45) is 4.99 Å². The molecule has 0 saturated carbocycles. The van der Waals surface area contributed by atoms with Crippen molar-refractivity contribution in [3.8, 4) is 0 Å². The second-order valence-corrected chi connectivity index (χ2v) is 6.59. The number of guanidine groups is 1. The van der Waals surface area contributed by atoms with Crippen molar-refractivity contribution in [3.63, 3.8) is 0 Å². The van der Waals surface area contributed by atoms with Gasteiger partial charge in [0.1, 0.15) is 5.01 Å². The van der Waals surface area contributed by atoms with Gasteiger partial charge in [0.15, 0.2) is 23.4 Å². The van der Waals surface area contributed by atoms with Crippen LogP contribution in [-0.2, 0) is 11.3 Å². The summed E-state index contributed by atoms with van der Waals surface area (Å²) in [5.74, 6) is -4.70. The first-order chi connectivity index (χ1) is 12.3. The Morgan fingerprint density at radius 1 is 1.19 bits per heavy atom. The van der Waals surface area contributed by atoms with Crippen LogP contribution >= 0.6 is 11.3 Å². The van der Waals surface area contributed by atoms with Crippen LogP contribution < -0.4 is 16.0 Å². The summed E-state index contributed by atoms with van der Waals surface area (Å²) in [5, 5.41) is 8.77. The highest BCUT2D eigenvalue weighted by Gasteiger charge is 2.15. The van der Waals surface area contributed by atoms with Crippen LogP contribution in [0.5, 0.6) is 0 Å². The van der Waals surface area contributed by atoms with Crippen LogP contribution in [0.1, 0.15) is 15.6 Å². The van der Waals surface area contributed by atoms with E-state index < -0.39 is 29.0 Å². The SMILES string of the molecule is CN=C(NCC(=O)Nc1ccc(F)c(F)c1F)NCc1nc(C)c(C)s1. The van der Waals surface area contributed by atoms with Crippen molar-refractivity contribution in [2.45, 2.75) is 20.4 Å².